The summed E-state index contributed by atoms with van der Waals surface area (Å²) in [5, 5.41) is 3.28. The van der Waals surface area contributed by atoms with Gasteiger partial charge in [0.05, 0.1) is 5.92 Å². The minimum absolute atomic E-state index is 0.138. The SMILES string of the molecule is CC(OC(=O)C1CC=CCC1)C(=O)Nc1ccc(Cl)cc1. The molecule has 0 saturated carbocycles. The molecule has 0 saturated heterocycles. The van der Waals surface area contributed by atoms with Crippen LogP contribution in [-0.2, 0) is 14.3 Å². The first kappa shape index (κ1) is 15.6. The van der Waals surface area contributed by atoms with Crippen molar-refractivity contribution in [2.24, 2.45) is 5.92 Å². The van der Waals surface area contributed by atoms with Crippen molar-refractivity contribution < 1.29 is 14.3 Å². The number of carbonyl (C=O) groups is 2. The van der Waals surface area contributed by atoms with Crippen LogP contribution < -0.4 is 5.32 Å². The van der Waals surface area contributed by atoms with Crippen LogP contribution in [0.5, 0.6) is 0 Å². The van der Waals surface area contributed by atoms with Crippen molar-refractivity contribution in [1.82, 2.24) is 0 Å². The lowest BCUT2D eigenvalue weighted by atomic mass is 9.95. The molecule has 1 N–H and O–H groups in total. The predicted octanol–water partition coefficient (Wildman–Crippen LogP) is 3.57. The van der Waals surface area contributed by atoms with E-state index in [4.69, 9.17) is 16.3 Å². The van der Waals surface area contributed by atoms with Crippen molar-refractivity contribution in [3.8, 4) is 0 Å². The Balaban J connectivity index is 1.85. The van der Waals surface area contributed by atoms with Crippen LogP contribution in [0.4, 0.5) is 5.69 Å². The van der Waals surface area contributed by atoms with Crippen molar-refractivity contribution in [3.05, 3.63) is 41.4 Å². The van der Waals surface area contributed by atoms with Crippen molar-refractivity contribution >= 4 is 29.2 Å². The van der Waals surface area contributed by atoms with E-state index in [-0.39, 0.29) is 17.8 Å². The summed E-state index contributed by atoms with van der Waals surface area (Å²) < 4.78 is 5.24. The fraction of sp³-hybridized carbons (Fsp3) is 0.375. The highest BCUT2D eigenvalue weighted by Gasteiger charge is 2.24. The number of rotatable bonds is 4. The number of nitrogens with one attached hydrogen (secondary N) is 1. The topological polar surface area (TPSA) is 55.4 Å². The highest BCUT2D eigenvalue weighted by molar-refractivity contribution is 6.30. The summed E-state index contributed by atoms with van der Waals surface area (Å²) in [5.41, 5.74) is 0.618. The molecule has 1 amide bonds. The summed E-state index contributed by atoms with van der Waals surface area (Å²) in [6.45, 7) is 1.57. The molecule has 0 aromatic heterocycles. The second-order valence-electron chi connectivity index (χ2n) is 5.06. The molecule has 112 valence electrons. The van der Waals surface area contributed by atoms with Crippen molar-refractivity contribution in [3.63, 3.8) is 0 Å². The van der Waals surface area contributed by atoms with Gasteiger partial charge in [0, 0.05) is 10.7 Å². The van der Waals surface area contributed by atoms with Crippen LogP contribution in [0.2, 0.25) is 5.02 Å². The number of amides is 1. The van der Waals surface area contributed by atoms with Gasteiger partial charge in [-0.2, -0.15) is 0 Å². The van der Waals surface area contributed by atoms with Gasteiger partial charge in [0.2, 0.25) is 0 Å². The number of carbonyl (C=O) groups excluding carboxylic acids is 2. The number of ether oxygens (including phenoxy) is 1. The molecule has 0 radical (unpaired) electrons. The zero-order valence-electron chi connectivity index (χ0n) is 11.8. The average Bonchev–Trinajstić information content (AvgIpc) is 2.50. The molecule has 0 aliphatic heterocycles. The Labute approximate surface area is 129 Å². The van der Waals surface area contributed by atoms with E-state index in [2.05, 4.69) is 11.4 Å². The minimum atomic E-state index is -0.820. The maximum Gasteiger partial charge on any atom is 0.310 e. The first-order valence-electron chi connectivity index (χ1n) is 6.98. The quantitative estimate of drug-likeness (QED) is 0.683. The van der Waals surface area contributed by atoms with Crippen LogP contribution >= 0.6 is 11.6 Å². The van der Waals surface area contributed by atoms with Gasteiger partial charge in [0.1, 0.15) is 0 Å². The second kappa shape index (κ2) is 7.27. The van der Waals surface area contributed by atoms with Crippen LogP contribution in [0.25, 0.3) is 0 Å². The molecule has 1 aliphatic carbocycles. The van der Waals surface area contributed by atoms with Crippen molar-refractivity contribution in [2.45, 2.75) is 32.3 Å². The normalized spacial score (nSPS) is 18.9. The van der Waals surface area contributed by atoms with Gasteiger partial charge in [0.25, 0.3) is 5.91 Å². The fourth-order valence-electron chi connectivity index (χ4n) is 2.11. The Kier molecular flexibility index (Phi) is 5.39. The summed E-state index contributed by atoms with van der Waals surface area (Å²) in [5.74, 6) is -0.795. The molecule has 0 spiro atoms. The number of hydrogen-bond donors (Lipinski definition) is 1. The molecule has 21 heavy (non-hydrogen) atoms. The van der Waals surface area contributed by atoms with Crippen molar-refractivity contribution in [2.75, 3.05) is 5.32 Å². The molecule has 5 heteroatoms. The van der Waals surface area contributed by atoms with E-state index in [9.17, 15) is 9.59 Å². The van der Waals surface area contributed by atoms with E-state index in [1.165, 1.54) is 0 Å². The molecule has 2 rings (SSSR count). The largest absolute Gasteiger partial charge is 0.452 e. The summed E-state index contributed by atoms with van der Waals surface area (Å²) in [6, 6.07) is 6.76. The number of hydrogen-bond acceptors (Lipinski definition) is 3. The van der Waals surface area contributed by atoms with E-state index < -0.39 is 6.10 Å². The number of anilines is 1. The zero-order valence-corrected chi connectivity index (χ0v) is 12.6. The molecule has 4 nitrogen and oxygen atoms in total. The third-order valence-corrected chi connectivity index (χ3v) is 3.63. The van der Waals surface area contributed by atoms with Crippen LogP contribution in [-0.4, -0.2) is 18.0 Å². The van der Waals surface area contributed by atoms with E-state index in [1.54, 1.807) is 31.2 Å². The molecule has 0 bridgehead atoms. The van der Waals surface area contributed by atoms with E-state index in [0.29, 0.717) is 17.1 Å². The Morgan fingerprint density at radius 2 is 2.00 bits per heavy atom. The number of allylic oxidation sites excluding steroid dienone is 2. The third-order valence-electron chi connectivity index (χ3n) is 3.38. The van der Waals surface area contributed by atoms with Gasteiger partial charge < -0.3 is 10.1 Å². The van der Waals surface area contributed by atoms with Crippen molar-refractivity contribution in [1.29, 1.82) is 0 Å². The van der Waals surface area contributed by atoms with Gasteiger partial charge in [-0.05, 0) is 50.5 Å². The highest BCUT2D eigenvalue weighted by atomic mass is 35.5. The first-order chi connectivity index (χ1) is 10.1. The van der Waals surface area contributed by atoms with Crippen LogP contribution in [0.15, 0.2) is 36.4 Å². The van der Waals surface area contributed by atoms with Crippen LogP contribution in [0.1, 0.15) is 26.2 Å². The third kappa shape index (κ3) is 4.60. The molecule has 2 unspecified atom stereocenters. The molecule has 1 aromatic carbocycles. The smallest absolute Gasteiger partial charge is 0.310 e. The minimum Gasteiger partial charge on any atom is -0.452 e. The van der Waals surface area contributed by atoms with E-state index >= 15 is 0 Å². The molecule has 0 heterocycles. The Bertz CT molecular complexity index is 539. The van der Waals surface area contributed by atoms with Gasteiger partial charge in [-0.1, -0.05) is 23.8 Å². The lowest BCUT2D eigenvalue weighted by Crippen LogP contribution is -2.32. The Hall–Kier alpha value is -1.81. The maximum absolute atomic E-state index is 12.0. The highest BCUT2D eigenvalue weighted by Crippen LogP contribution is 2.20. The van der Waals surface area contributed by atoms with Crippen LogP contribution in [0, 0.1) is 5.92 Å². The molecule has 1 aromatic rings. The van der Waals surface area contributed by atoms with Gasteiger partial charge in [-0.25, -0.2) is 0 Å². The first-order valence-corrected chi connectivity index (χ1v) is 7.36. The summed E-state index contributed by atoms with van der Waals surface area (Å²) in [6.07, 6.45) is 5.56. The number of benzene rings is 1. The summed E-state index contributed by atoms with van der Waals surface area (Å²) in [7, 11) is 0. The Morgan fingerprint density at radius 1 is 1.29 bits per heavy atom. The summed E-state index contributed by atoms with van der Waals surface area (Å²) >= 11 is 5.78. The van der Waals surface area contributed by atoms with Gasteiger partial charge >= 0.3 is 5.97 Å². The van der Waals surface area contributed by atoms with E-state index in [1.807, 2.05) is 6.08 Å². The average molecular weight is 308 g/mol. The molecule has 2 atom stereocenters. The molecule has 0 fully saturated rings. The van der Waals surface area contributed by atoms with Gasteiger partial charge in [-0.15, -0.1) is 0 Å². The van der Waals surface area contributed by atoms with E-state index in [0.717, 1.165) is 12.8 Å². The summed E-state index contributed by atoms with van der Waals surface area (Å²) in [4.78, 5) is 23.9. The molecule has 1 aliphatic rings. The predicted molar refractivity (Wildman–Crippen MR) is 82.1 cm³/mol. The molecular formula is C16H18ClNO3. The number of halogens is 1. The van der Waals surface area contributed by atoms with Crippen LogP contribution in [0.3, 0.4) is 0 Å². The lowest BCUT2D eigenvalue weighted by Gasteiger charge is -2.19. The second-order valence-corrected chi connectivity index (χ2v) is 5.49. The molecular weight excluding hydrogens is 290 g/mol. The zero-order chi connectivity index (χ0) is 15.2. The maximum atomic E-state index is 12.0. The monoisotopic (exact) mass is 307 g/mol. The number of esters is 1. The van der Waals surface area contributed by atoms with Gasteiger partial charge in [-0.3, -0.25) is 9.59 Å². The Morgan fingerprint density at radius 3 is 2.62 bits per heavy atom. The standard InChI is InChI=1S/C16H18ClNO3/c1-11(21-16(20)12-5-3-2-4-6-12)15(19)18-14-9-7-13(17)8-10-14/h2-3,7-12H,4-6H2,1H3,(H,18,19). The fourth-order valence-corrected chi connectivity index (χ4v) is 2.23. The lowest BCUT2D eigenvalue weighted by molar-refractivity contribution is -0.157. The van der Waals surface area contributed by atoms with Gasteiger partial charge in [0.15, 0.2) is 6.10 Å².